The van der Waals surface area contributed by atoms with Crippen LogP contribution in [-0.2, 0) is 0 Å². The van der Waals surface area contributed by atoms with Gasteiger partial charge in [-0.2, -0.15) is 0 Å². The highest BCUT2D eigenvalue weighted by atomic mass is 35.5. The van der Waals surface area contributed by atoms with E-state index in [2.05, 4.69) is 5.32 Å². The molecule has 2 N–H and O–H groups in total. The average Bonchev–Trinajstić information content (AvgIpc) is 2.41. The summed E-state index contributed by atoms with van der Waals surface area (Å²) in [6, 6.07) is 3.25. The summed E-state index contributed by atoms with van der Waals surface area (Å²) in [5.74, 6) is -1.28. The molecule has 6 nitrogen and oxygen atoms in total. The minimum Gasteiger partial charge on any atom is -0.478 e. The SMILES string of the molecule is C1CCNCC1.O=C(O)c1cc([N+](=O)[O-])ccc1Cl. The number of nitro benzene ring substituents is 1. The second-order valence-electron chi connectivity index (χ2n) is 4.04. The molecule has 0 spiro atoms. The van der Waals surface area contributed by atoms with E-state index in [1.54, 1.807) is 0 Å². The summed E-state index contributed by atoms with van der Waals surface area (Å²) in [7, 11) is 0. The molecule has 0 atom stereocenters. The van der Waals surface area contributed by atoms with Gasteiger partial charge < -0.3 is 10.4 Å². The fourth-order valence-corrected chi connectivity index (χ4v) is 1.79. The summed E-state index contributed by atoms with van der Waals surface area (Å²) in [5, 5.41) is 22.1. The number of carbonyl (C=O) groups is 1. The summed E-state index contributed by atoms with van der Waals surface area (Å²) in [5.41, 5.74) is -0.558. The van der Waals surface area contributed by atoms with E-state index in [0.717, 1.165) is 12.1 Å². The number of carboxylic acids is 1. The van der Waals surface area contributed by atoms with Crippen LogP contribution < -0.4 is 5.32 Å². The Kier molecular flexibility index (Phi) is 6.24. The first-order chi connectivity index (χ1) is 9.02. The van der Waals surface area contributed by atoms with Gasteiger partial charge >= 0.3 is 5.97 Å². The van der Waals surface area contributed by atoms with Crippen molar-refractivity contribution in [1.29, 1.82) is 0 Å². The standard InChI is InChI=1S/C7H4ClNO4.C5H11N/c8-6-2-1-4(9(12)13)3-5(6)7(10)11;1-2-4-6-5-3-1/h1-3H,(H,10,11);6H,1-5H2. The van der Waals surface area contributed by atoms with Crippen LogP contribution in [0.15, 0.2) is 18.2 Å². The molecule has 1 fully saturated rings. The number of nitro groups is 1. The third-order valence-corrected chi connectivity index (χ3v) is 2.93. The number of carboxylic acid groups (broad SMARTS) is 1. The van der Waals surface area contributed by atoms with Gasteiger partial charge in [-0.15, -0.1) is 0 Å². The van der Waals surface area contributed by atoms with Crippen molar-refractivity contribution in [2.45, 2.75) is 19.3 Å². The Hall–Kier alpha value is -1.66. The van der Waals surface area contributed by atoms with Gasteiger partial charge in [0.05, 0.1) is 15.5 Å². The Balaban J connectivity index is 0.000000250. The quantitative estimate of drug-likeness (QED) is 0.644. The number of piperidine rings is 1. The van der Waals surface area contributed by atoms with Crippen molar-refractivity contribution >= 4 is 23.3 Å². The number of benzene rings is 1. The van der Waals surface area contributed by atoms with Crippen molar-refractivity contribution in [3.8, 4) is 0 Å². The molecule has 0 bridgehead atoms. The maximum atomic E-state index is 10.5. The maximum Gasteiger partial charge on any atom is 0.337 e. The lowest BCUT2D eigenvalue weighted by Gasteiger charge is -2.08. The van der Waals surface area contributed by atoms with Gasteiger partial charge in [-0.25, -0.2) is 4.79 Å². The monoisotopic (exact) mass is 286 g/mol. The molecule has 1 aromatic carbocycles. The number of hydrogen-bond donors (Lipinski definition) is 2. The molecule has 0 amide bonds. The molecule has 19 heavy (non-hydrogen) atoms. The van der Waals surface area contributed by atoms with Gasteiger partial charge in [0, 0.05) is 12.1 Å². The molecule has 1 aliphatic rings. The molecular formula is C12H15ClN2O4. The van der Waals surface area contributed by atoms with Crippen LogP contribution in [-0.4, -0.2) is 29.1 Å². The van der Waals surface area contributed by atoms with E-state index in [9.17, 15) is 14.9 Å². The van der Waals surface area contributed by atoms with Gasteiger partial charge in [0.1, 0.15) is 0 Å². The predicted octanol–water partition coefficient (Wildman–Crippen LogP) is 2.71. The topological polar surface area (TPSA) is 92.5 Å². The Labute approximate surface area is 115 Å². The summed E-state index contributed by atoms with van der Waals surface area (Å²) in [4.78, 5) is 20.1. The van der Waals surface area contributed by atoms with Crippen LogP contribution in [0.5, 0.6) is 0 Å². The number of aromatic carboxylic acids is 1. The van der Waals surface area contributed by atoms with Crippen molar-refractivity contribution in [2.75, 3.05) is 13.1 Å². The van der Waals surface area contributed by atoms with Gasteiger partial charge in [-0.05, 0) is 32.0 Å². The Bertz CT molecular complexity index is 450. The summed E-state index contributed by atoms with van der Waals surface area (Å²) >= 11 is 5.49. The molecule has 1 heterocycles. The fraction of sp³-hybridized carbons (Fsp3) is 0.417. The molecule has 1 aromatic rings. The first-order valence-corrected chi connectivity index (χ1v) is 6.28. The highest BCUT2D eigenvalue weighted by molar-refractivity contribution is 6.33. The molecule has 2 rings (SSSR count). The molecule has 0 saturated carbocycles. The molecule has 1 saturated heterocycles. The molecule has 104 valence electrons. The second-order valence-corrected chi connectivity index (χ2v) is 4.44. The first-order valence-electron chi connectivity index (χ1n) is 5.90. The van der Waals surface area contributed by atoms with E-state index in [4.69, 9.17) is 16.7 Å². The smallest absolute Gasteiger partial charge is 0.337 e. The predicted molar refractivity (Wildman–Crippen MR) is 71.8 cm³/mol. The van der Waals surface area contributed by atoms with Crippen LogP contribution in [0, 0.1) is 10.1 Å². The van der Waals surface area contributed by atoms with Crippen molar-refractivity contribution in [2.24, 2.45) is 0 Å². The third-order valence-electron chi connectivity index (χ3n) is 2.60. The van der Waals surface area contributed by atoms with Crippen LogP contribution in [0.25, 0.3) is 0 Å². The molecule has 0 aromatic heterocycles. The lowest BCUT2D eigenvalue weighted by atomic mass is 10.2. The number of nitrogens with zero attached hydrogens (tertiary/aromatic N) is 1. The summed E-state index contributed by atoms with van der Waals surface area (Å²) in [6.45, 7) is 2.50. The van der Waals surface area contributed by atoms with E-state index in [1.807, 2.05) is 0 Å². The van der Waals surface area contributed by atoms with Gasteiger partial charge in [-0.3, -0.25) is 10.1 Å². The third kappa shape index (κ3) is 5.23. The highest BCUT2D eigenvalue weighted by Gasteiger charge is 2.14. The minimum atomic E-state index is -1.28. The van der Waals surface area contributed by atoms with Crippen LogP contribution in [0.1, 0.15) is 29.6 Å². The molecular weight excluding hydrogens is 272 g/mol. The van der Waals surface area contributed by atoms with E-state index >= 15 is 0 Å². The largest absolute Gasteiger partial charge is 0.478 e. The van der Waals surface area contributed by atoms with Crippen LogP contribution in [0.4, 0.5) is 5.69 Å². The number of hydrogen-bond acceptors (Lipinski definition) is 4. The average molecular weight is 287 g/mol. The normalized spacial score (nSPS) is 14.2. The molecule has 7 heteroatoms. The van der Waals surface area contributed by atoms with Crippen LogP contribution >= 0.6 is 11.6 Å². The summed E-state index contributed by atoms with van der Waals surface area (Å²) < 4.78 is 0. The molecule has 0 unspecified atom stereocenters. The van der Waals surface area contributed by atoms with Gasteiger partial charge in [-0.1, -0.05) is 18.0 Å². The summed E-state index contributed by atoms with van der Waals surface area (Å²) in [6.07, 6.45) is 4.22. The van der Waals surface area contributed by atoms with E-state index in [1.165, 1.54) is 38.4 Å². The van der Waals surface area contributed by atoms with Crippen molar-refractivity contribution < 1.29 is 14.8 Å². The van der Waals surface area contributed by atoms with Gasteiger partial charge in [0.2, 0.25) is 0 Å². The first kappa shape index (κ1) is 15.4. The minimum absolute atomic E-state index is 0.0156. The maximum absolute atomic E-state index is 10.5. The zero-order valence-electron chi connectivity index (χ0n) is 10.3. The Morgan fingerprint density at radius 1 is 1.32 bits per heavy atom. The number of halogens is 1. The lowest BCUT2D eigenvalue weighted by molar-refractivity contribution is -0.384. The fourth-order valence-electron chi connectivity index (χ4n) is 1.59. The zero-order valence-corrected chi connectivity index (χ0v) is 11.0. The number of nitrogens with one attached hydrogen (secondary N) is 1. The Morgan fingerprint density at radius 2 is 1.95 bits per heavy atom. The second kappa shape index (κ2) is 7.70. The van der Waals surface area contributed by atoms with Gasteiger partial charge in [0.15, 0.2) is 0 Å². The van der Waals surface area contributed by atoms with E-state index in [0.29, 0.717) is 0 Å². The Morgan fingerprint density at radius 3 is 2.32 bits per heavy atom. The molecule has 0 aliphatic carbocycles. The molecule has 0 radical (unpaired) electrons. The van der Waals surface area contributed by atoms with E-state index in [-0.39, 0.29) is 16.3 Å². The molecule has 1 aliphatic heterocycles. The van der Waals surface area contributed by atoms with Crippen LogP contribution in [0.2, 0.25) is 5.02 Å². The number of non-ortho nitro benzene ring substituents is 1. The number of rotatable bonds is 2. The van der Waals surface area contributed by atoms with Crippen molar-refractivity contribution in [1.82, 2.24) is 5.32 Å². The lowest BCUT2D eigenvalue weighted by Crippen LogP contribution is -2.21. The highest BCUT2D eigenvalue weighted by Crippen LogP contribution is 2.21. The van der Waals surface area contributed by atoms with Crippen molar-refractivity contribution in [3.63, 3.8) is 0 Å². The zero-order chi connectivity index (χ0) is 14.3. The van der Waals surface area contributed by atoms with Gasteiger partial charge in [0.25, 0.3) is 5.69 Å². The van der Waals surface area contributed by atoms with E-state index < -0.39 is 10.9 Å². The van der Waals surface area contributed by atoms with Crippen LogP contribution in [0.3, 0.4) is 0 Å². The van der Waals surface area contributed by atoms with Crippen molar-refractivity contribution in [3.05, 3.63) is 38.9 Å².